The van der Waals surface area contributed by atoms with E-state index in [4.69, 9.17) is 10.5 Å². The molecule has 1 aromatic carbocycles. The summed E-state index contributed by atoms with van der Waals surface area (Å²) in [6.45, 7) is 4.84. The van der Waals surface area contributed by atoms with Gasteiger partial charge in [0.2, 0.25) is 0 Å². The zero-order chi connectivity index (χ0) is 12.1. The van der Waals surface area contributed by atoms with E-state index >= 15 is 0 Å². The standard InChI is InChI=1S/C14H22N2O/c1-17-11-14-5-3-2-4-13(14)10-16-7-6-12(8-15)9-16/h2-5,12H,6-11,15H2,1H3. The van der Waals surface area contributed by atoms with Crippen LogP contribution in [0, 0.1) is 5.92 Å². The Morgan fingerprint density at radius 3 is 2.76 bits per heavy atom. The van der Waals surface area contributed by atoms with Crippen LogP contribution in [0.3, 0.4) is 0 Å². The minimum Gasteiger partial charge on any atom is -0.380 e. The highest BCUT2D eigenvalue weighted by molar-refractivity contribution is 5.26. The van der Waals surface area contributed by atoms with E-state index in [9.17, 15) is 0 Å². The van der Waals surface area contributed by atoms with Crippen LogP contribution in [0.4, 0.5) is 0 Å². The molecule has 17 heavy (non-hydrogen) atoms. The highest BCUT2D eigenvalue weighted by Gasteiger charge is 2.21. The Kier molecular flexibility index (Phi) is 4.54. The van der Waals surface area contributed by atoms with Crippen LogP contribution in [0.5, 0.6) is 0 Å². The van der Waals surface area contributed by atoms with Gasteiger partial charge in [-0.3, -0.25) is 4.90 Å². The first-order valence-electron chi connectivity index (χ1n) is 6.31. The topological polar surface area (TPSA) is 38.5 Å². The molecule has 0 saturated carbocycles. The summed E-state index contributed by atoms with van der Waals surface area (Å²) < 4.78 is 5.24. The van der Waals surface area contributed by atoms with E-state index in [1.807, 2.05) is 0 Å². The average molecular weight is 234 g/mol. The Hall–Kier alpha value is -0.900. The number of ether oxygens (including phenoxy) is 1. The fourth-order valence-electron chi connectivity index (χ4n) is 2.50. The van der Waals surface area contributed by atoms with Crippen LogP contribution in [-0.4, -0.2) is 31.6 Å². The second-order valence-electron chi connectivity index (χ2n) is 4.83. The normalized spacial score (nSPS) is 20.9. The van der Waals surface area contributed by atoms with E-state index in [1.165, 1.54) is 24.1 Å². The first kappa shape index (κ1) is 12.6. The van der Waals surface area contributed by atoms with Crippen molar-refractivity contribution in [3.05, 3.63) is 35.4 Å². The van der Waals surface area contributed by atoms with Gasteiger partial charge in [-0.15, -0.1) is 0 Å². The predicted octanol–water partition coefficient (Wildman–Crippen LogP) is 1.61. The van der Waals surface area contributed by atoms with E-state index in [-0.39, 0.29) is 0 Å². The van der Waals surface area contributed by atoms with Crippen LogP contribution >= 0.6 is 0 Å². The number of likely N-dealkylation sites (tertiary alicyclic amines) is 1. The second-order valence-corrected chi connectivity index (χ2v) is 4.83. The molecule has 1 unspecified atom stereocenters. The molecule has 94 valence electrons. The quantitative estimate of drug-likeness (QED) is 0.841. The van der Waals surface area contributed by atoms with Gasteiger partial charge in [-0.2, -0.15) is 0 Å². The summed E-state index contributed by atoms with van der Waals surface area (Å²) in [5, 5.41) is 0. The fraction of sp³-hybridized carbons (Fsp3) is 0.571. The number of rotatable bonds is 5. The van der Waals surface area contributed by atoms with Gasteiger partial charge in [0.15, 0.2) is 0 Å². The molecule has 1 atom stereocenters. The minimum absolute atomic E-state index is 0.685. The zero-order valence-electron chi connectivity index (χ0n) is 10.6. The molecule has 0 bridgehead atoms. The summed E-state index contributed by atoms with van der Waals surface area (Å²) in [7, 11) is 1.75. The minimum atomic E-state index is 0.685. The zero-order valence-corrected chi connectivity index (χ0v) is 10.6. The van der Waals surface area contributed by atoms with Gasteiger partial charge in [0, 0.05) is 20.2 Å². The maximum atomic E-state index is 5.72. The smallest absolute Gasteiger partial charge is 0.0716 e. The largest absolute Gasteiger partial charge is 0.380 e. The molecule has 1 aliphatic rings. The van der Waals surface area contributed by atoms with E-state index in [0.29, 0.717) is 12.5 Å². The first-order valence-corrected chi connectivity index (χ1v) is 6.31. The van der Waals surface area contributed by atoms with E-state index in [0.717, 1.165) is 19.6 Å². The number of hydrogen-bond acceptors (Lipinski definition) is 3. The third-order valence-electron chi connectivity index (χ3n) is 3.52. The van der Waals surface area contributed by atoms with Gasteiger partial charge in [-0.05, 0) is 36.6 Å². The van der Waals surface area contributed by atoms with Crippen molar-refractivity contribution in [1.29, 1.82) is 0 Å². The Morgan fingerprint density at radius 1 is 1.35 bits per heavy atom. The third kappa shape index (κ3) is 3.28. The highest BCUT2D eigenvalue weighted by atomic mass is 16.5. The van der Waals surface area contributed by atoms with Gasteiger partial charge < -0.3 is 10.5 Å². The van der Waals surface area contributed by atoms with Crippen LogP contribution < -0.4 is 5.73 Å². The van der Waals surface area contributed by atoms with Gasteiger partial charge in [0.1, 0.15) is 0 Å². The molecule has 3 nitrogen and oxygen atoms in total. The fourth-order valence-corrected chi connectivity index (χ4v) is 2.50. The molecule has 0 radical (unpaired) electrons. The van der Waals surface area contributed by atoms with Gasteiger partial charge in [0.25, 0.3) is 0 Å². The summed E-state index contributed by atoms with van der Waals surface area (Å²) in [5.74, 6) is 0.685. The van der Waals surface area contributed by atoms with Crippen molar-refractivity contribution in [2.45, 2.75) is 19.6 Å². The van der Waals surface area contributed by atoms with Crippen molar-refractivity contribution < 1.29 is 4.74 Å². The van der Waals surface area contributed by atoms with Gasteiger partial charge in [-0.1, -0.05) is 24.3 Å². The summed E-state index contributed by atoms with van der Waals surface area (Å²) in [4.78, 5) is 2.49. The molecule has 0 aliphatic carbocycles. The number of hydrogen-bond donors (Lipinski definition) is 1. The SMILES string of the molecule is COCc1ccccc1CN1CCC(CN)C1. The van der Waals surface area contributed by atoms with Crippen LogP contribution in [-0.2, 0) is 17.9 Å². The molecular weight excluding hydrogens is 212 g/mol. The predicted molar refractivity (Wildman–Crippen MR) is 69.6 cm³/mol. The molecule has 1 fully saturated rings. The van der Waals surface area contributed by atoms with Crippen LogP contribution in [0.25, 0.3) is 0 Å². The highest BCUT2D eigenvalue weighted by Crippen LogP contribution is 2.19. The molecule has 1 saturated heterocycles. The Morgan fingerprint density at radius 2 is 2.12 bits per heavy atom. The van der Waals surface area contributed by atoms with E-state index in [2.05, 4.69) is 29.2 Å². The Bertz CT molecular complexity index is 354. The monoisotopic (exact) mass is 234 g/mol. The maximum Gasteiger partial charge on any atom is 0.0716 e. The second kappa shape index (κ2) is 6.15. The van der Waals surface area contributed by atoms with Crippen molar-refractivity contribution >= 4 is 0 Å². The van der Waals surface area contributed by atoms with Crippen LogP contribution in [0.1, 0.15) is 17.5 Å². The van der Waals surface area contributed by atoms with Crippen molar-refractivity contribution in [2.24, 2.45) is 11.7 Å². The van der Waals surface area contributed by atoms with E-state index in [1.54, 1.807) is 7.11 Å². The molecule has 0 aromatic heterocycles. The van der Waals surface area contributed by atoms with Crippen molar-refractivity contribution in [2.75, 3.05) is 26.7 Å². The molecule has 0 spiro atoms. The number of nitrogens with two attached hydrogens (primary N) is 1. The molecule has 2 rings (SSSR count). The lowest BCUT2D eigenvalue weighted by molar-refractivity contribution is 0.183. The average Bonchev–Trinajstić information content (AvgIpc) is 2.80. The third-order valence-corrected chi connectivity index (χ3v) is 3.52. The lowest BCUT2D eigenvalue weighted by Crippen LogP contribution is -2.23. The summed E-state index contributed by atoms with van der Waals surface area (Å²) in [6, 6.07) is 8.52. The Balaban J connectivity index is 1.98. The maximum absolute atomic E-state index is 5.72. The lowest BCUT2D eigenvalue weighted by atomic mass is 10.1. The molecule has 1 aromatic rings. The molecule has 1 heterocycles. The first-order chi connectivity index (χ1) is 8.33. The lowest BCUT2D eigenvalue weighted by Gasteiger charge is -2.18. The van der Waals surface area contributed by atoms with Gasteiger partial charge in [0.05, 0.1) is 6.61 Å². The molecule has 2 N–H and O–H groups in total. The van der Waals surface area contributed by atoms with Crippen molar-refractivity contribution in [1.82, 2.24) is 4.90 Å². The van der Waals surface area contributed by atoms with Crippen LogP contribution in [0.15, 0.2) is 24.3 Å². The number of benzene rings is 1. The van der Waals surface area contributed by atoms with Gasteiger partial charge in [-0.25, -0.2) is 0 Å². The van der Waals surface area contributed by atoms with Crippen molar-refractivity contribution in [3.63, 3.8) is 0 Å². The Labute approximate surface area is 104 Å². The molecule has 0 amide bonds. The molecule has 1 aliphatic heterocycles. The van der Waals surface area contributed by atoms with Gasteiger partial charge >= 0.3 is 0 Å². The molecular formula is C14H22N2O. The van der Waals surface area contributed by atoms with E-state index < -0.39 is 0 Å². The summed E-state index contributed by atoms with van der Waals surface area (Å²) in [6.07, 6.45) is 1.24. The summed E-state index contributed by atoms with van der Waals surface area (Å²) in [5.41, 5.74) is 8.40. The summed E-state index contributed by atoms with van der Waals surface area (Å²) >= 11 is 0. The van der Waals surface area contributed by atoms with Crippen LogP contribution in [0.2, 0.25) is 0 Å². The van der Waals surface area contributed by atoms with Crippen molar-refractivity contribution in [3.8, 4) is 0 Å². The molecule has 3 heteroatoms. The number of methoxy groups -OCH3 is 1. The number of nitrogens with zero attached hydrogens (tertiary/aromatic N) is 1.